The van der Waals surface area contributed by atoms with E-state index in [0.29, 0.717) is 16.8 Å². The second-order valence-electron chi connectivity index (χ2n) is 2.47. The molecule has 0 atom stereocenters. The molecule has 1 aromatic carbocycles. The molecule has 1 aromatic rings. The Morgan fingerprint density at radius 1 is 1.50 bits per heavy atom. The van der Waals surface area contributed by atoms with Crippen molar-refractivity contribution in [2.45, 2.75) is 6.61 Å². The standard InChI is InChI=1S/C8H6ClNOS/c9-6-2-1-3-7-5(6)4-11-8(12)10-7/h1-3H,4H2,(H,10,12). The summed E-state index contributed by atoms with van der Waals surface area (Å²) in [5.74, 6) is 0. The summed E-state index contributed by atoms with van der Waals surface area (Å²) < 4.78 is 5.12. The lowest BCUT2D eigenvalue weighted by Crippen LogP contribution is -2.20. The number of hydrogen-bond acceptors (Lipinski definition) is 2. The molecule has 62 valence electrons. The molecule has 0 bridgehead atoms. The van der Waals surface area contributed by atoms with Crippen LogP contribution in [-0.4, -0.2) is 5.17 Å². The largest absolute Gasteiger partial charge is 0.466 e. The van der Waals surface area contributed by atoms with Crippen molar-refractivity contribution in [3.05, 3.63) is 28.8 Å². The average Bonchev–Trinajstić information content (AvgIpc) is 2.04. The number of nitrogens with one attached hydrogen (secondary N) is 1. The van der Waals surface area contributed by atoms with E-state index in [1.807, 2.05) is 18.2 Å². The van der Waals surface area contributed by atoms with Gasteiger partial charge in [0.1, 0.15) is 6.61 Å². The van der Waals surface area contributed by atoms with Gasteiger partial charge in [-0.2, -0.15) is 0 Å². The van der Waals surface area contributed by atoms with Crippen molar-refractivity contribution in [1.82, 2.24) is 0 Å². The second kappa shape index (κ2) is 2.92. The quantitative estimate of drug-likeness (QED) is 0.649. The van der Waals surface area contributed by atoms with Crippen LogP contribution in [0.5, 0.6) is 0 Å². The Morgan fingerprint density at radius 3 is 3.17 bits per heavy atom. The van der Waals surface area contributed by atoms with Crippen LogP contribution in [0.25, 0.3) is 0 Å². The molecule has 0 aromatic heterocycles. The fourth-order valence-corrected chi connectivity index (χ4v) is 1.50. The molecule has 0 amide bonds. The maximum Gasteiger partial charge on any atom is 0.261 e. The number of rotatable bonds is 0. The Hall–Kier alpha value is -0.800. The molecular weight excluding hydrogens is 194 g/mol. The molecule has 2 nitrogen and oxygen atoms in total. The van der Waals surface area contributed by atoms with Gasteiger partial charge in [0.2, 0.25) is 0 Å². The van der Waals surface area contributed by atoms with Crippen LogP contribution in [0.2, 0.25) is 5.02 Å². The molecule has 1 heterocycles. The Balaban J connectivity index is 2.48. The van der Waals surface area contributed by atoms with Gasteiger partial charge >= 0.3 is 0 Å². The zero-order valence-corrected chi connectivity index (χ0v) is 7.71. The van der Waals surface area contributed by atoms with Crippen LogP contribution in [0.3, 0.4) is 0 Å². The monoisotopic (exact) mass is 199 g/mol. The Kier molecular flexibility index (Phi) is 1.90. The molecule has 0 fully saturated rings. The highest BCUT2D eigenvalue weighted by Gasteiger charge is 2.14. The van der Waals surface area contributed by atoms with Gasteiger partial charge in [-0.3, -0.25) is 0 Å². The molecule has 1 aliphatic rings. The van der Waals surface area contributed by atoms with Crippen molar-refractivity contribution < 1.29 is 4.74 Å². The minimum Gasteiger partial charge on any atom is -0.466 e. The summed E-state index contributed by atoms with van der Waals surface area (Å²) in [5, 5.41) is 4.04. The number of benzene rings is 1. The van der Waals surface area contributed by atoms with E-state index in [9.17, 15) is 0 Å². The molecule has 0 radical (unpaired) electrons. The van der Waals surface area contributed by atoms with Crippen LogP contribution in [0, 0.1) is 0 Å². The number of hydrogen-bond donors (Lipinski definition) is 1. The lowest BCUT2D eigenvalue weighted by Gasteiger charge is -2.19. The summed E-state index contributed by atoms with van der Waals surface area (Å²) in [6, 6.07) is 5.64. The molecule has 0 saturated carbocycles. The molecule has 0 aliphatic carbocycles. The maximum atomic E-state index is 5.93. The summed E-state index contributed by atoms with van der Waals surface area (Å²) in [5.41, 5.74) is 1.91. The fourth-order valence-electron chi connectivity index (χ4n) is 1.11. The van der Waals surface area contributed by atoms with Gasteiger partial charge in [0.25, 0.3) is 5.17 Å². The fraction of sp³-hybridized carbons (Fsp3) is 0.125. The maximum absolute atomic E-state index is 5.93. The average molecular weight is 200 g/mol. The van der Waals surface area contributed by atoms with E-state index < -0.39 is 0 Å². The highest BCUT2D eigenvalue weighted by atomic mass is 35.5. The molecule has 0 spiro atoms. The summed E-state index contributed by atoms with van der Waals surface area (Å²) in [7, 11) is 0. The first kappa shape index (κ1) is 7.83. The predicted molar refractivity (Wildman–Crippen MR) is 52.5 cm³/mol. The van der Waals surface area contributed by atoms with Gasteiger partial charge in [-0.25, -0.2) is 0 Å². The topological polar surface area (TPSA) is 21.3 Å². The molecule has 0 unspecified atom stereocenters. The van der Waals surface area contributed by atoms with Gasteiger partial charge < -0.3 is 10.1 Å². The molecule has 1 aliphatic heterocycles. The second-order valence-corrected chi connectivity index (χ2v) is 3.25. The van der Waals surface area contributed by atoms with E-state index in [0.717, 1.165) is 11.3 Å². The molecule has 4 heteroatoms. The summed E-state index contributed by atoms with van der Waals surface area (Å²) in [4.78, 5) is 0. The minimum absolute atomic E-state index is 0.407. The van der Waals surface area contributed by atoms with Crippen LogP contribution in [0.4, 0.5) is 5.69 Å². The van der Waals surface area contributed by atoms with Crippen LogP contribution < -0.4 is 5.32 Å². The zero-order chi connectivity index (χ0) is 8.55. The number of fused-ring (bicyclic) bond motifs is 1. The highest BCUT2D eigenvalue weighted by Crippen LogP contribution is 2.27. The Labute approximate surface area is 80.5 Å². The van der Waals surface area contributed by atoms with Crippen molar-refractivity contribution in [2.24, 2.45) is 0 Å². The highest BCUT2D eigenvalue weighted by molar-refractivity contribution is 7.80. The Morgan fingerprint density at radius 2 is 2.33 bits per heavy atom. The van der Waals surface area contributed by atoms with E-state index in [-0.39, 0.29) is 0 Å². The van der Waals surface area contributed by atoms with Crippen LogP contribution in [0.1, 0.15) is 5.56 Å². The third-order valence-electron chi connectivity index (χ3n) is 1.70. The van der Waals surface area contributed by atoms with E-state index in [2.05, 4.69) is 5.32 Å². The van der Waals surface area contributed by atoms with Gasteiger partial charge in [-0.15, -0.1) is 0 Å². The number of anilines is 1. The molecule has 2 rings (SSSR count). The molecule has 0 saturated heterocycles. The van der Waals surface area contributed by atoms with Gasteiger partial charge in [-0.05, 0) is 24.4 Å². The van der Waals surface area contributed by atoms with Crippen LogP contribution in [0.15, 0.2) is 18.2 Å². The lowest BCUT2D eigenvalue weighted by atomic mass is 10.2. The smallest absolute Gasteiger partial charge is 0.261 e. The third kappa shape index (κ3) is 1.26. The molecule has 12 heavy (non-hydrogen) atoms. The van der Waals surface area contributed by atoms with E-state index in [4.69, 9.17) is 28.6 Å². The first-order valence-corrected chi connectivity index (χ1v) is 4.27. The SMILES string of the molecule is S=C1Nc2cccc(Cl)c2CO1. The summed E-state index contributed by atoms with van der Waals surface area (Å²) in [6.45, 7) is 0.459. The van der Waals surface area contributed by atoms with E-state index in [1.165, 1.54) is 0 Å². The van der Waals surface area contributed by atoms with Gasteiger partial charge in [0.05, 0.1) is 0 Å². The zero-order valence-electron chi connectivity index (χ0n) is 6.13. The van der Waals surface area contributed by atoms with Crippen molar-refractivity contribution in [2.75, 3.05) is 5.32 Å². The number of ether oxygens (including phenoxy) is 1. The molecular formula is C8H6ClNOS. The van der Waals surface area contributed by atoms with E-state index >= 15 is 0 Å². The van der Waals surface area contributed by atoms with Crippen molar-refractivity contribution >= 4 is 34.7 Å². The van der Waals surface area contributed by atoms with Gasteiger partial charge in [0, 0.05) is 16.3 Å². The Bertz CT molecular complexity index is 340. The molecule has 1 N–H and O–H groups in total. The van der Waals surface area contributed by atoms with Gasteiger partial charge in [0.15, 0.2) is 0 Å². The first-order valence-electron chi connectivity index (χ1n) is 3.48. The van der Waals surface area contributed by atoms with E-state index in [1.54, 1.807) is 0 Å². The van der Waals surface area contributed by atoms with Crippen molar-refractivity contribution in [1.29, 1.82) is 0 Å². The van der Waals surface area contributed by atoms with Gasteiger partial charge in [-0.1, -0.05) is 17.7 Å². The number of halogens is 1. The number of thiocarbonyl (C=S) groups is 1. The third-order valence-corrected chi connectivity index (χ3v) is 2.28. The lowest BCUT2D eigenvalue weighted by molar-refractivity contribution is 0.294. The van der Waals surface area contributed by atoms with Crippen molar-refractivity contribution in [3.8, 4) is 0 Å². The van der Waals surface area contributed by atoms with Crippen LogP contribution >= 0.6 is 23.8 Å². The van der Waals surface area contributed by atoms with Crippen molar-refractivity contribution in [3.63, 3.8) is 0 Å². The first-order chi connectivity index (χ1) is 5.77. The summed E-state index contributed by atoms with van der Waals surface area (Å²) >= 11 is 10.8. The van der Waals surface area contributed by atoms with Crippen LogP contribution in [-0.2, 0) is 11.3 Å². The predicted octanol–water partition coefficient (Wildman–Crippen LogP) is 2.57. The normalized spacial score (nSPS) is 14.6. The minimum atomic E-state index is 0.407. The summed E-state index contributed by atoms with van der Waals surface area (Å²) in [6.07, 6.45) is 0.